The Labute approximate surface area is 130 Å². The van der Waals surface area contributed by atoms with Crippen LogP contribution in [-0.4, -0.2) is 23.5 Å². The first kappa shape index (κ1) is 15.3. The van der Waals surface area contributed by atoms with Crippen LogP contribution in [0.3, 0.4) is 0 Å². The van der Waals surface area contributed by atoms with E-state index in [2.05, 4.69) is 21.2 Å². The van der Waals surface area contributed by atoms with Crippen molar-refractivity contribution in [3.8, 4) is 0 Å². The summed E-state index contributed by atoms with van der Waals surface area (Å²) in [5.74, 6) is -1.02. The van der Waals surface area contributed by atoms with Gasteiger partial charge >= 0.3 is 5.97 Å². The van der Waals surface area contributed by atoms with Gasteiger partial charge in [0.25, 0.3) is 5.91 Å². The Morgan fingerprint density at radius 2 is 2.10 bits per heavy atom. The number of nitrogens with one attached hydrogen (secondary N) is 1. The van der Waals surface area contributed by atoms with Crippen molar-refractivity contribution < 1.29 is 14.7 Å². The number of carbonyl (C=O) groups is 2. The van der Waals surface area contributed by atoms with Gasteiger partial charge in [0, 0.05) is 16.6 Å². The number of halogens is 2. The number of rotatable bonds is 5. The van der Waals surface area contributed by atoms with Crippen LogP contribution in [0.4, 0.5) is 0 Å². The second-order valence-corrected chi connectivity index (χ2v) is 6.50. The van der Waals surface area contributed by atoms with Gasteiger partial charge in [0.05, 0.1) is 11.4 Å². The fraction of sp³-hybridized carbons (Fsp3) is 0.429. The molecule has 0 unspecified atom stereocenters. The molecular formula is C14H15BrClNO3. The van der Waals surface area contributed by atoms with Gasteiger partial charge in [0.1, 0.15) is 0 Å². The van der Waals surface area contributed by atoms with Gasteiger partial charge in [-0.1, -0.05) is 18.0 Å². The Balaban J connectivity index is 1.97. The number of carbonyl (C=O) groups excluding carboxylic acids is 1. The molecule has 1 aliphatic rings. The Morgan fingerprint density at radius 1 is 1.40 bits per heavy atom. The molecule has 0 saturated heterocycles. The van der Waals surface area contributed by atoms with E-state index in [0.717, 1.165) is 19.3 Å². The van der Waals surface area contributed by atoms with Crippen molar-refractivity contribution in [3.63, 3.8) is 0 Å². The van der Waals surface area contributed by atoms with Crippen molar-refractivity contribution in [3.05, 3.63) is 33.3 Å². The molecule has 2 N–H and O–H groups in total. The minimum atomic E-state index is -0.812. The predicted molar refractivity (Wildman–Crippen MR) is 80.0 cm³/mol. The van der Waals surface area contributed by atoms with E-state index >= 15 is 0 Å². The molecule has 20 heavy (non-hydrogen) atoms. The van der Waals surface area contributed by atoms with Crippen LogP contribution in [0.25, 0.3) is 0 Å². The number of aliphatic carboxylic acids is 1. The van der Waals surface area contributed by atoms with Gasteiger partial charge in [0.15, 0.2) is 0 Å². The summed E-state index contributed by atoms with van der Waals surface area (Å²) in [4.78, 5) is 22.9. The maximum absolute atomic E-state index is 12.1. The van der Waals surface area contributed by atoms with Crippen LogP contribution in [0.5, 0.6) is 0 Å². The van der Waals surface area contributed by atoms with Crippen LogP contribution in [-0.2, 0) is 4.79 Å². The topological polar surface area (TPSA) is 66.4 Å². The SMILES string of the molecule is O=C(O)CC1(CNC(=O)c2ccc(Cl)c(Br)c2)CCC1. The first-order chi connectivity index (χ1) is 9.42. The van der Waals surface area contributed by atoms with Crippen LogP contribution >= 0.6 is 27.5 Å². The molecule has 1 aromatic carbocycles. The van der Waals surface area contributed by atoms with E-state index in [1.54, 1.807) is 18.2 Å². The van der Waals surface area contributed by atoms with E-state index in [1.165, 1.54) is 0 Å². The van der Waals surface area contributed by atoms with Crippen molar-refractivity contribution in [1.82, 2.24) is 5.32 Å². The second-order valence-electron chi connectivity index (χ2n) is 5.24. The third kappa shape index (κ3) is 3.52. The minimum Gasteiger partial charge on any atom is -0.481 e. The molecule has 108 valence electrons. The molecule has 0 aromatic heterocycles. The van der Waals surface area contributed by atoms with Gasteiger partial charge in [-0.25, -0.2) is 0 Å². The Morgan fingerprint density at radius 3 is 2.60 bits per heavy atom. The van der Waals surface area contributed by atoms with Crippen LogP contribution in [0, 0.1) is 5.41 Å². The Kier molecular flexibility index (Phi) is 4.70. The summed E-state index contributed by atoms with van der Waals surface area (Å²) in [7, 11) is 0. The summed E-state index contributed by atoms with van der Waals surface area (Å²) in [6, 6.07) is 4.95. The van der Waals surface area contributed by atoms with Gasteiger partial charge in [-0.15, -0.1) is 0 Å². The summed E-state index contributed by atoms with van der Waals surface area (Å²) in [6.07, 6.45) is 2.83. The van der Waals surface area contributed by atoms with Crippen LogP contribution in [0.1, 0.15) is 36.0 Å². The van der Waals surface area contributed by atoms with E-state index < -0.39 is 5.97 Å². The standard InChI is InChI=1S/C14H15BrClNO3/c15-10-6-9(2-3-11(10)16)13(20)17-8-14(4-1-5-14)7-12(18)19/h2-3,6H,1,4-5,7-8H2,(H,17,20)(H,18,19). The van der Waals surface area contributed by atoms with Crippen molar-refractivity contribution >= 4 is 39.4 Å². The summed E-state index contributed by atoms with van der Waals surface area (Å²) < 4.78 is 0.663. The number of hydrogen-bond acceptors (Lipinski definition) is 2. The summed E-state index contributed by atoms with van der Waals surface area (Å²) >= 11 is 9.15. The highest BCUT2D eigenvalue weighted by Gasteiger charge is 2.39. The van der Waals surface area contributed by atoms with Gasteiger partial charge in [-0.05, 0) is 52.4 Å². The van der Waals surface area contributed by atoms with E-state index in [4.69, 9.17) is 16.7 Å². The lowest BCUT2D eigenvalue weighted by molar-refractivity contribution is -0.141. The van der Waals surface area contributed by atoms with Crippen molar-refractivity contribution in [2.24, 2.45) is 5.41 Å². The van der Waals surface area contributed by atoms with Crippen molar-refractivity contribution in [2.45, 2.75) is 25.7 Å². The molecule has 0 radical (unpaired) electrons. The smallest absolute Gasteiger partial charge is 0.303 e. The maximum Gasteiger partial charge on any atom is 0.303 e. The molecule has 4 nitrogen and oxygen atoms in total. The van der Waals surface area contributed by atoms with Gasteiger partial charge < -0.3 is 10.4 Å². The summed E-state index contributed by atoms with van der Waals surface area (Å²) in [5, 5.41) is 12.3. The molecular weight excluding hydrogens is 346 g/mol. The molecule has 0 bridgehead atoms. The molecule has 1 aromatic rings. The molecule has 1 aliphatic carbocycles. The summed E-state index contributed by atoms with van der Waals surface area (Å²) in [6.45, 7) is 0.401. The lowest BCUT2D eigenvalue weighted by Crippen LogP contribution is -2.43. The van der Waals surface area contributed by atoms with Gasteiger partial charge in [0.2, 0.25) is 0 Å². The highest BCUT2D eigenvalue weighted by molar-refractivity contribution is 9.10. The van der Waals surface area contributed by atoms with Crippen molar-refractivity contribution in [1.29, 1.82) is 0 Å². The molecule has 1 fully saturated rings. The average molecular weight is 361 g/mol. The highest BCUT2D eigenvalue weighted by atomic mass is 79.9. The van der Waals surface area contributed by atoms with Crippen LogP contribution < -0.4 is 5.32 Å². The summed E-state index contributed by atoms with van der Waals surface area (Å²) in [5.41, 5.74) is 0.233. The molecule has 1 saturated carbocycles. The van der Waals surface area contributed by atoms with E-state index in [0.29, 0.717) is 21.6 Å². The molecule has 0 spiro atoms. The lowest BCUT2D eigenvalue weighted by Gasteiger charge is -2.40. The number of hydrogen-bond donors (Lipinski definition) is 2. The first-order valence-corrected chi connectivity index (χ1v) is 7.54. The molecule has 1 amide bonds. The number of carboxylic acids is 1. The molecule has 0 heterocycles. The third-order valence-electron chi connectivity index (χ3n) is 3.75. The number of benzene rings is 1. The number of carboxylic acid groups (broad SMARTS) is 1. The second kappa shape index (κ2) is 6.14. The zero-order valence-electron chi connectivity index (χ0n) is 10.8. The minimum absolute atomic E-state index is 0.109. The third-order valence-corrected chi connectivity index (χ3v) is 4.96. The monoisotopic (exact) mass is 359 g/mol. The fourth-order valence-corrected chi connectivity index (χ4v) is 2.92. The van der Waals surface area contributed by atoms with Gasteiger partial charge in [-0.3, -0.25) is 9.59 Å². The Bertz CT molecular complexity index is 543. The largest absolute Gasteiger partial charge is 0.481 e. The van der Waals surface area contributed by atoms with Gasteiger partial charge in [-0.2, -0.15) is 0 Å². The maximum atomic E-state index is 12.1. The lowest BCUT2D eigenvalue weighted by atomic mass is 9.66. The van der Waals surface area contributed by atoms with E-state index in [1.807, 2.05) is 0 Å². The normalized spacial score (nSPS) is 16.3. The fourth-order valence-electron chi connectivity index (χ4n) is 2.42. The Hall–Kier alpha value is -1.07. The zero-order chi connectivity index (χ0) is 14.8. The molecule has 6 heteroatoms. The van der Waals surface area contributed by atoms with E-state index in [9.17, 15) is 9.59 Å². The van der Waals surface area contributed by atoms with Crippen LogP contribution in [0.15, 0.2) is 22.7 Å². The highest BCUT2D eigenvalue weighted by Crippen LogP contribution is 2.43. The number of amides is 1. The van der Waals surface area contributed by atoms with Crippen LogP contribution in [0.2, 0.25) is 5.02 Å². The van der Waals surface area contributed by atoms with E-state index in [-0.39, 0.29) is 17.7 Å². The molecule has 0 atom stereocenters. The average Bonchev–Trinajstić information content (AvgIpc) is 2.35. The quantitative estimate of drug-likeness (QED) is 0.845. The zero-order valence-corrected chi connectivity index (χ0v) is 13.1. The molecule has 0 aliphatic heterocycles. The molecule has 2 rings (SSSR count). The predicted octanol–water partition coefficient (Wildman–Crippen LogP) is 3.48. The first-order valence-electron chi connectivity index (χ1n) is 6.37. The van der Waals surface area contributed by atoms with Crippen molar-refractivity contribution in [2.75, 3.05) is 6.54 Å².